The van der Waals surface area contributed by atoms with Crippen LogP contribution < -0.4 is 20.1 Å². The first kappa shape index (κ1) is 23.0. The highest BCUT2D eigenvalue weighted by molar-refractivity contribution is 7.14. The number of hydrogen-bond acceptors (Lipinski definition) is 7. The van der Waals surface area contributed by atoms with E-state index in [1.807, 2.05) is 44.4 Å². The van der Waals surface area contributed by atoms with Gasteiger partial charge in [-0.05, 0) is 49.3 Å². The number of hydrogen-bond donors (Lipinski definition) is 2. The molecular formula is C25H32N4O4S. The average Bonchev–Trinajstić information content (AvgIpc) is 3.29. The van der Waals surface area contributed by atoms with Gasteiger partial charge in [-0.15, -0.1) is 11.3 Å². The Labute approximate surface area is 204 Å². The minimum absolute atomic E-state index is 0.0175. The number of nitrogens with one attached hydrogen (secondary N) is 2. The van der Waals surface area contributed by atoms with Gasteiger partial charge in [-0.1, -0.05) is 20.8 Å². The number of carbonyl (C=O) groups is 2. The van der Waals surface area contributed by atoms with Crippen LogP contribution >= 0.6 is 11.3 Å². The molecular weight excluding hydrogens is 452 g/mol. The summed E-state index contributed by atoms with van der Waals surface area (Å²) in [7, 11) is 0. The summed E-state index contributed by atoms with van der Waals surface area (Å²) in [4.78, 5) is 32.9. The summed E-state index contributed by atoms with van der Waals surface area (Å²) < 4.78 is 11.3. The molecule has 182 valence electrons. The molecule has 1 aromatic carbocycles. The van der Waals surface area contributed by atoms with E-state index in [1.165, 1.54) is 11.3 Å². The van der Waals surface area contributed by atoms with Crippen molar-refractivity contribution >= 4 is 28.3 Å². The van der Waals surface area contributed by atoms with E-state index in [-0.39, 0.29) is 29.3 Å². The minimum Gasteiger partial charge on any atom is -0.486 e. The molecule has 1 aliphatic carbocycles. The van der Waals surface area contributed by atoms with Gasteiger partial charge in [0, 0.05) is 23.5 Å². The number of thiazole rings is 1. The van der Waals surface area contributed by atoms with E-state index in [4.69, 9.17) is 14.5 Å². The molecule has 3 aliphatic rings. The Morgan fingerprint density at radius 3 is 2.65 bits per heavy atom. The van der Waals surface area contributed by atoms with E-state index in [0.717, 1.165) is 42.0 Å². The summed E-state index contributed by atoms with van der Waals surface area (Å²) in [5.41, 5.74) is 1.39. The largest absolute Gasteiger partial charge is 0.486 e. The van der Waals surface area contributed by atoms with Crippen LogP contribution in [0.15, 0.2) is 23.6 Å². The number of rotatable bonds is 6. The molecule has 8 nitrogen and oxygen atoms in total. The van der Waals surface area contributed by atoms with Crippen molar-refractivity contribution in [3.05, 3.63) is 23.6 Å². The number of ether oxygens (including phenoxy) is 2. The number of fused-ring (bicyclic) bond motifs is 1. The normalized spacial score (nSPS) is 20.7. The van der Waals surface area contributed by atoms with E-state index in [0.29, 0.717) is 31.3 Å². The van der Waals surface area contributed by atoms with Crippen LogP contribution in [0.5, 0.6) is 11.5 Å². The standard InChI is InChI=1S/C25H32N4O4S/c1-25(2,3)21(23(31)29-10-4-5-18(29)22(30)26-16-7-8-16)28-24-27-17(14-34-24)15-6-9-19-20(13-15)33-12-11-32-19/h6,9,13-14,16,18,21H,4-5,7-8,10-12H2,1-3H3,(H,26,30)(H,27,28)/t18-,21+/m0/s1. The summed E-state index contributed by atoms with van der Waals surface area (Å²) >= 11 is 1.47. The third-order valence-corrected chi connectivity index (χ3v) is 7.26. The molecule has 5 rings (SSSR count). The first-order chi connectivity index (χ1) is 16.3. The number of carbonyl (C=O) groups excluding carboxylic acids is 2. The summed E-state index contributed by atoms with van der Waals surface area (Å²) in [6, 6.07) is 5.21. The first-order valence-electron chi connectivity index (χ1n) is 12.0. The van der Waals surface area contributed by atoms with Crippen LogP contribution in [0.1, 0.15) is 46.5 Å². The van der Waals surface area contributed by atoms with Crippen LogP contribution in [-0.2, 0) is 9.59 Å². The van der Waals surface area contributed by atoms with Gasteiger partial charge in [0.25, 0.3) is 0 Å². The second-order valence-corrected chi connectivity index (χ2v) is 11.2. The number of anilines is 1. The number of benzene rings is 1. The van der Waals surface area contributed by atoms with E-state index in [1.54, 1.807) is 4.90 Å². The Morgan fingerprint density at radius 1 is 1.15 bits per heavy atom. The van der Waals surface area contributed by atoms with Crippen LogP contribution in [0.2, 0.25) is 0 Å². The molecule has 2 aliphatic heterocycles. The Hall–Kier alpha value is -2.81. The van der Waals surface area contributed by atoms with Crippen molar-refractivity contribution in [2.75, 3.05) is 25.1 Å². The molecule has 2 fully saturated rings. The van der Waals surface area contributed by atoms with E-state index < -0.39 is 6.04 Å². The predicted molar refractivity (Wildman–Crippen MR) is 131 cm³/mol. The first-order valence-corrected chi connectivity index (χ1v) is 12.9. The van der Waals surface area contributed by atoms with Crippen molar-refractivity contribution < 1.29 is 19.1 Å². The molecule has 2 amide bonds. The maximum atomic E-state index is 13.7. The van der Waals surface area contributed by atoms with Crippen LogP contribution in [0, 0.1) is 5.41 Å². The Morgan fingerprint density at radius 2 is 1.91 bits per heavy atom. The molecule has 1 aromatic heterocycles. The zero-order chi connectivity index (χ0) is 23.9. The molecule has 3 heterocycles. The second kappa shape index (κ2) is 9.09. The van der Waals surface area contributed by atoms with Crippen LogP contribution in [0.25, 0.3) is 11.3 Å². The summed E-state index contributed by atoms with van der Waals surface area (Å²) in [5, 5.41) is 9.11. The molecule has 9 heteroatoms. The number of nitrogens with zero attached hydrogens (tertiary/aromatic N) is 2. The third-order valence-electron chi connectivity index (χ3n) is 6.49. The molecule has 34 heavy (non-hydrogen) atoms. The lowest BCUT2D eigenvalue weighted by Crippen LogP contribution is -2.54. The van der Waals surface area contributed by atoms with Crippen molar-refractivity contribution in [3.8, 4) is 22.8 Å². The van der Waals surface area contributed by atoms with Crippen molar-refractivity contribution in [1.82, 2.24) is 15.2 Å². The molecule has 2 atom stereocenters. The van der Waals surface area contributed by atoms with Gasteiger partial charge in [-0.2, -0.15) is 0 Å². The maximum Gasteiger partial charge on any atom is 0.246 e. The molecule has 1 saturated carbocycles. The second-order valence-electron chi connectivity index (χ2n) is 10.3. The van der Waals surface area contributed by atoms with E-state index >= 15 is 0 Å². The lowest BCUT2D eigenvalue weighted by Gasteiger charge is -2.35. The molecule has 0 unspecified atom stereocenters. The third kappa shape index (κ3) is 4.85. The SMILES string of the molecule is CC(C)(C)[C@H](Nc1nc(-c2ccc3c(c2)OCCO3)cs1)C(=O)N1CCC[C@H]1C(=O)NC1CC1. The zero-order valence-electron chi connectivity index (χ0n) is 19.9. The smallest absolute Gasteiger partial charge is 0.246 e. The lowest BCUT2D eigenvalue weighted by molar-refractivity contribution is -0.140. The number of aromatic nitrogens is 1. The van der Waals surface area contributed by atoms with Gasteiger partial charge in [0.1, 0.15) is 25.3 Å². The molecule has 0 bridgehead atoms. The lowest BCUT2D eigenvalue weighted by atomic mass is 9.85. The highest BCUT2D eigenvalue weighted by Crippen LogP contribution is 2.36. The van der Waals surface area contributed by atoms with Gasteiger partial charge in [0.05, 0.1) is 5.69 Å². The minimum atomic E-state index is -0.499. The van der Waals surface area contributed by atoms with Crippen LogP contribution in [0.3, 0.4) is 0 Å². The van der Waals surface area contributed by atoms with Crippen LogP contribution in [0.4, 0.5) is 5.13 Å². The number of likely N-dealkylation sites (tertiary alicyclic amines) is 1. The molecule has 2 N–H and O–H groups in total. The fourth-order valence-electron chi connectivity index (χ4n) is 4.44. The van der Waals surface area contributed by atoms with Crippen LogP contribution in [-0.4, -0.2) is 59.6 Å². The molecule has 1 saturated heterocycles. The maximum absolute atomic E-state index is 13.7. The van der Waals surface area contributed by atoms with Gasteiger partial charge in [0.2, 0.25) is 11.8 Å². The number of amides is 2. The fraction of sp³-hybridized carbons (Fsp3) is 0.560. The van der Waals surface area contributed by atoms with Gasteiger partial charge >= 0.3 is 0 Å². The van der Waals surface area contributed by atoms with Crippen molar-refractivity contribution in [1.29, 1.82) is 0 Å². The van der Waals surface area contributed by atoms with E-state index in [2.05, 4.69) is 10.6 Å². The zero-order valence-corrected chi connectivity index (χ0v) is 20.7. The van der Waals surface area contributed by atoms with Gasteiger partial charge < -0.3 is 25.0 Å². The monoisotopic (exact) mass is 484 g/mol. The van der Waals surface area contributed by atoms with Crippen molar-refractivity contribution in [2.45, 2.75) is 64.6 Å². The van der Waals surface area contributed by atoms with Gasteiger partial charge in [-0.25, -0.2) is 4.98 Å². The van der Waals surface area contributed by atoms with Crippen molar-refractivity contribution in [3.63, 3.8) is 0 Å². The topological polar surface area (TPSA) is 92.8 Å². The summed E-state index contributed by atoms with van der Waals surface area (Å²) in [5.74, 6) is 1.40. The molecule has 2 aromatic rings. The van der Waals surface area contributed by atoms with Gasteiger partial charge in [-0.3, -0.25) is 9.59 Å². The Balaban J connectivity index is 1.32. The highest BCUT2D eigenvalue weighted by atomic mass is 32.1. The van der Waals surface area contributed by atoms with Crippen molar-refractivity contribution in [2.24, 2.45) is 5.41 Å². The predicted octanol–water partition coefficient (Wildman–Crippen LogP) is 3.68. The molecule has 0 spiro atoms. The molecule has 0 radical (unpaired) electrons. The average molecular weight is 485 g/mol. The van der Waals surface area contributed by atoms with E-state index in [9.17, 15) is 9.59 Å². The Kier molecular flexibility index (Phi) is 6.14. The highest BCUT2D eigenvalue weighted by Gasteiger charge is 2.42. The van der Waals surface area contributed by atoms with Gasteiger partial charge in [0.15, 0.2) is 16.6 Å². The quantitative estimate of drug-likeness (QED) is 0.650. The summed E-state index contributed by atoms with van der Waals surface area (Å²) in [6.45, 7) is 7.80. The fourth-order valence-corrected chi connectivity index (χ4v) is 5.19. The Bertz CT molecular complexity index is 1080. The summed E-state index contributed by atoms with van der Waals surface area (Å²) in [6.07, 6.45) is 3.63.